The fourth-order valence-corrected chi connectivity index (χ4v) is 2.70. The minimum atomic E-state index is -0.163. The molecule has 0 aromatic carbocycles. The Morgan fingerprint density at radius 2 is 2.24 bits per heavy atom. The van der Waals surface area contributed by atoms with Crippen LogP contribution < -0.4 is 5.32 Å². The second-order valence-corrected chi connectivity index (χ2v) is 4.80. The van der Waals surface area contributed by atoms with Gasteiger partial charge in [-0.3, -0.25) is 4.79 Å². The van der Waals surface area contributed by atoms with Crippen molar-refractivity contribution in [2.45, 2.75) is 37.8 Å². The molecule has 1 aliphatic carbocycles. The van der Waals surface area contributed by atoms with Crippen LogP contribution in [0.3, 0.4) is 0 Å². The van der Waals surface area contributed by atoms with Gasteiger partial charge in [-0.2, -0.15) is 0 Å². The van der Waals surface area contributed by atoms with E-state index in [0.29, 0.717) is 25.8 Å². The number of nitrogens with one attached hydrogen (secondary N) is 1. The Balaban J connectivity index is 1.97. The van der Waals surface area contributed by atoms with E-state index in [0.717, 1.165) is 19.4 Å². The molecule has 1 amide bonds. The zero-order valence-corrected chi connectivity index (χ0v) is 10.4. The van der Waals surface area contributed by atoms with E-state index in [1.807, 2.05) is 11.0 Å². The number of ether oxygens (including phenoxy) is 1. The van der Waals surface area contributed by atoms with Gasteiger partial charge >= 0.3 is 0 Å². The van der Waals surface area contributed by atoms with Crippen LogP contribution in [0.5, 0.6) is 0 Å². The largest absolute Gasteiger partial charge is 0.378 e. The molecule has 2 aliphatic rings. The molecule has 1 heterocycles. The number of amides is 1. The molecule has 4 nitrogen and oxygen atoms in total. The molecule has 1 aliphatic heterocycles. The standard InChI is InChI=1S/C13H22N2O2/c1-2-8-15(11-5-3-4-6-11)13(16)12-10-17-9-7-14-12/h2,11-12,14H,1,3-10H2. The molecule has 1 N–H and O–H groups in total. The molecule has 0 bridgehead atoms. The third kappa shape index (κ3) is 3.07. The molecule has 1 atom stereocenters. The molecule has 1 saturated carbocycles. The maximum atomic E-state index is 12.4. The Morgan fingerprint density at radius 1 is 1.47 bits per heavy atom. The Bertz CT molecular complexity index is 269. The minimum absolute atomic E-state index is 0.163. The van der Waals surface area contributed by atoms with Crippen LogP contribution in [0.25, 0.3) is 0 Å². The van der Waals surface area contributed by atoms with E-state index in [-0.39, 0.29) is 11.9 Å². The highest BCUT2D eigenvalue weighted by Crippen LogP contribution is 2.24. The van der Waals surface area contributed by atoms with Crippen LogP contribution in [0.1, 0.15) is 25.7 Å². The summed E-state index contributed by atoms with van der Waals surface area (Å²) in [5.74, 6) is 0.177. The average molecular weight is 238 g/mol. The normalized spacial score (nSPS) is 25.8. The fraction of sp³-hybridized carbons (Fsp3) is 0.769. The van der Waals surface area contributed by atoms with Gasteiger partial charge in [0.1, 0.15) is 6.04 Å². The maximum Gasteiger partial charge on any atom is 0.242 e. The highest BCUT2D eigenvalue weighted by Gasteiger charge is 2.31. The summed E-state index contributed by atoms with van der Waals surface area (Å²) >= 11 is 0. The number of rotatable bonds is 4. The van der Waals surface area contributed by atoms with Gasteiger partial charge in [0.15, 0.2) is 0 Å². The van der Waals surface area contributed by atoms with Gasteiger partial charge in [0.2, 0.25) is 5.91 Å². The first-order valence-electron chi connectivity index (χ1n) is 6.55. The van der Waals surface area contributed by atoms with Gasteiger partial charge in [0, 0.05) is 19.1 Å². The van der Waals surface area contributed by atoms with Gasteiger partial charge in [-0.25, -0.2) is 0 Å². The smallest absolute Gasteiger partial charge is 0.242 e. The molecule has 1 saturated heterocycles. The van der Waals surface area contributed by atoms with E-state index in [2.05, 4.69) is 11.9 Å². The van der Waals surface area contributed by atoms with Crippen LogP contribution >= 0.6 is 0 Å². The molecule has 2 fully saturated rings. The maximum absolute atomic E-state index is 12.4. The molecule has 96 valence electrons. The Labute approximate surface area is 103 Å². The van der Waals surface area contributed by atoms with E-state index in [4.69, 9.17) is 4.74 Å². The van der Waals surface area contributed by atoms with E-state index in [9.17, 15) is 4.79 Å². The Morgan fingerprint density at radius 3 is 2.82 bits per heavy atom. The lowest BCUT2D eigenvalue weighted by atomic mass is 10.1. The van der Waals surface area contributed by atoms with Crippen LogP contribution in [0.2, 0.25) is 0 Å². The van der Waals surface area contributed by atoms with E-state index >= 15 is 0 Å². The summed E-state index contributed by atoms with van der Waals surface area (Å²) in [6.45, 7) is 6.38. The summed E-state index contributed by atoms with van der Waals surface area (Å²) in [6.07, 6.45) is 6.56. The molecule has 0 radical (unpaired) electrons. The molecular formula is C13H22N2O2. The lowest BCUT2D eigenvalue weighted by molar-refractivity contribution is -0.138. The quantitative estimate of drug-likeness (QED) is 0.741. The first-order valence-corrected chi connectivity index (χ1v) is 6.55. The van der Waals surface area contributed by atoms with Crippen LogP contribution in [0, 0.1) is 0 Å². The number of hydrogen-bond acceptors (Lipinski definition) is 3. The van der Waals surface area contributed by atoms with Crippen molar-refractivity contribution in [3.63, 3.8) is 0 Å². The topological polar surface area (TPSA) is 41.6 Å². The lowest BCUT2D eigenvalue weighted by Crippen LogP contribution is -2.54. The summed E-state index contributed by atoms with van der Waals surface area (Å²) in [7, 11) is 0. The van der Waals surface area contributed by atoms with Crippen molar-refractivity contribution in [1.29, 1.82) is 0 Å². The van der Waals surface area contributed by atoms with Crippen LogP contribution in [-0.4, -0.2) is 49.2 Å². The molecular weight excluding hydrogens is 216 g/mol. The average Bonchev–Trinajstić information content (AvgIpc) is 2.90. The van der Waals surface area contributed by atoms with Gasteiger partial charge in [0.05, 0.1) is 13.2 Å². The summed E-state index contributed by atoms with van der Waals surface area (Å²) in [5.41, 5.74) is 0. The highest BCUT2D eigenvalue weighted by atomic mass is 16.5. The van der Waals surface area contributed by atoms with Gasteiger partial charge in [-0.1, -0.05) is 18.9 Å². The monoisotopic (exact) mass is 238 g/mol. The molecule has 17 heavy (non-hydrogen) atoms. The van der Waals surface area contributed by atoms with Crippen molar-refractivity contribution in [2.75, 3.05) is 26.3 Å². The van der Waals surface area contributed by atoms with E-state index in [1.165, 1.54) is 12.8 Å². The number of hydrogen-bond donors (Lipinski definition) is 1. The molecule has 1 unspecified atom stereocenters. The molecule has 4 heteroatoms. The lowest BCUT2D eigenvalue weighted by Gasteiger charge is -2.33. The Kier molecular flexibility index (Phi) is 4.57. The second-order valence-electron chi connectivity index (χ2n) is 4.80. The van der Waals surface area contributed by atoms with Crippen LogP contribution in [0.15, 0.2) is 12.7 Å². The third-order valence-corrected chi connectivity index (χ3v) is 3.59. The van der Waals surface area contributed by atoms with Gasteiger partial charge < -0.3 is 15.0 Å². The zero-order chi connectivity index (χ0) is 12.1. The van der Waals surface area contributed by atoms with Gasteiger partial charge in [-0.15, -0.1) is 6.58 Å². The summed E-state index contributed by atoms with van der Waals surface area (Å²) in [5, 5.41) is 3.23. The highest BCUT2D eigenvalue weighted by molar-refractivity contribution is 5.82. The predicted octanol–water partition coefficient (Wildman–Crippen LogP) is 0.932. The van der Waals surface area contributed by atoms with Crippen molar-refractivity contribution < 1.29 is 9.53 Å². The minimum Gasteiger partial charge on any atom is -0.378 e. The summed E-state index contributed by atoms with van der Waals surface area (Å²) in [6, 6.07) is 0.244. The van der Waals surface area contributed by atoms with Crippen LogP contribution in [0.4, 0.5) is 0 Å². The number of morpholine rings is 1. The second kappa shape index (κ2) is 6.17. The summed E-state index contributed by atoms with van der Waals surface area (Å²) < 4.78 is 5.36. The number of nitrogens with zero attached hydrogens (tertiary/aromatic N) is 1. The fourth-order valence-electron chi connectivity index (χ4n) is 2.70. The van der Waals surface area contributed by atoms with Crippen molar-refractivity contribution in [3.8, 4) is 0 Å². The van der Waals surface area contributed by atoms with E-state index in [1.54, 1.807) is 0 Å². The molecule has 0 aromatic rings. The first-order chi connectivity index (χ1) is 8.33. The van der Waals surface area contributed by atoms with Crippen LogP contribution in [-0.2, 0) is 9.53 Å². The first kappa shape index (κ1) is 12.6. The number of carbonyl (C=O) groups is 1. The number of carbonyl (C=O) groups excluding carboxylic acids is 1. The molecule has 0 aromatic heterocycles. The zero-order valence-electron chi connectivity index (χ0n) is 10.4. The summed E-state index contributed by atoms with van der Waals surface area (Å²) in [4.78, 5) is 14.4. The van der Waals surface area contributed by atoms with Crippen molar-refractivity contribution in [1.82, 2.24) is 10.2 Å². The molecule has 0 spiro atoms. The van der Waals surface area contributed by atoms with E-state index < -0.39 is 0 Å². The van der Waals surface area contributed by atoms with Crippen molar-refractivity contribution in [3.05, 3.63) is 12.7 Å². The Hall–Kier alpha value is -0.870. The predicted molar refractivity (Wildman–Crippen MR) is 66.8 cm³/mol. The van der Waals surface area contributed by atoms with Gasteiger partial charge in [0.25, 0.3) is 0 Å². The third-order valence-electron chi connectivity index (χ3n) is 3.59. The van der Waals surface area contributed by atoms with Crippen molar-refractivity contribution in [2.24, 2.45) is 0 Å². The SMILES string of the molecule is C=CCN(C(=O)C1COCCN1)C1CCCC1. The van der Waals surface area contributed by atoms with Crippen molar-refractivity contribution >= 4 is 5.91 Å². The molecule has 2 rings (SSSR count). The van der Waals surface area contributed by atoms with Gasteiger partial charge in [-0.05, 0) is 12.8 Å².